The predicted octanol–water partition coefficient (Wildman–Crippen LogP) is 3.34. The van der Waals surface area contributed by atoms with Crippen molar-refractivity contribution in [2.45, 2.75) is 6.42 Å². The van der Waals surface area contributed by atoms with E-state index in [1.807, 2.05) is 6.07 Å². The highest BCUT2D eigenvalue weighted by molar-refractivity contribution is 6.21. The summed E-state index contributed by atoms with van der Waals surface area (Å²) in [4.78, 5) is 19.8. The van der Waals surface area contributed by atoms with E-state index >= 15 is 0 Å². The molecule has 0 aliphatic carbocycles. The average molecular weight is 435 g/mol. The molecule has 2 aromatic carbocycles. The monoisotopic (exact) mass is 435 g/mol. The van der Waals surface area contributed by atoms with Crippen LogP contribution < -0.4 is 0 Å². The number of pyridine rings is 1. The zero-order valence-electron chi connectivity index (χ0n) is 17.5. The van der Waals surface area contributed by atoms with Crippen LogP contribution in [0.15, 0.2) is 42.7 Å². The van der Waals surface area contributed by atoms with E-state index in [1.165, 1.54) is 16.7 Å². The van der Waals surface area contributed by atoms with Crippen molar-refractivity contribution in [1.29, 1.82) is 0 Å². The van der Waals surface area contributed by atoms with Crippen molar-refractivity contribution < 1.29 is 24.1 Å². The smallest absolute Gasteiger partial charge is 0.255 e. The molecule has 1 amide bonds. The molecule has 5 rings (SSSR count). The second-order valence-corrected chi connectivity index (χ2v) is 8.02. The van der Waals surface area contributed by atoms with Crippen LogP contribution in [-0.4, -0.2) is 56.9 Å². The number of rotatable bonds is 3. The van der Waals surface area contributed by atoms with Crippen LogP contribution in [0.5, 0.6) is 11.6 Å². The van der Waals surface area contributed by atoms with Crippen molar-refractivity contribution in [2.24, 2.45) is 7.05 Å². The molecule has 2 aromatic heterocycles. The molecule has 0 saturated carbocycles. The predicted molar refractivity (Wildman–Crippen MR) is 117 cm³/mol. The van der Waals surface area contributed by atoms with Gasteiger partial charge in [0.05, 0.1) is 24.2 Å². The Morgan fingerprint density at radius 3 is 2.56 bits per heavy atom. The summed E-state index contributed by atoms with van der Waals surface area (Å²) in [6.07, 6.45) is 3.76. The Kier molecular flexibility index (Phi) is 4.94. The van der Waals surface area contributed by atoms with Gasteiger partial charge in [0.2, 0.25) is 5.88 Å². The fraction of sp³-hybridized carbons (Fsp3) is 0.250. The van der Waals surface area contributed by atoms with E-state index in [-0.39, 0.29) is 34.3 Å². The third-order valence-corrected chi connectivity index (χ3v) is 5.93. The van der Waals surface area contributed by atoms with Crippen LogP contribution in [-0.2, 0) is 18.2 Å². The first-order valence-corrected chi connectivity index (χ1v) is 10.4. The van der Waals surface area contributed by atoms with Crippen molar-refractivity contribution in [3.63, 3.8) is 0 Å². The second kappa shape index (κ2) is 7.80. The molecule has 32 heavy (non-hydrogen) atoms. The van der Waals surface area contributed by atoms with Gasteiger partial charge in [-0.15, -0.1) is 0 Å². The van der Waals surface area contributed by atoms with Crippen LogP contribution in [0.1, 0.15) is 21.5 Å². The van der Waals surface area contributed by atoms with E-state index in [0.717, 1.165) is 11.1 Å². The Hall–Kier alpha value is -3.65. The topological polar surface area (TPSA) is 87.8 Å². The molecule has 3 heterocycles. The van der Waals surface area contributed by atoms with Crippen molar-refractivity contribution >= 4 is 27.6 Å². The number of aromatic nitrogens is 2. The number of ether oxygens (including phenoxy) is 1. The number of halogens is 1. The van der Waals surface area contributed by atoms with Gasteiger partial charge in [0, 0.05) is 43.3 Å². The van der Waals surface area contributed by atoms with Gasteiger partial charge in [0.25, 0.3) is 5.91 Å². The van der Waals surface area contributed by atoms with Crippen molar-refractivity contribution in [2.75, 3.05) is 26.3 Å². The van der Waals surface area contributed by atoms with Crippen LogP contribution in [0.4, 0.5) is 4.39 Å². The number of nitrogens with zero attached hydrogens (tertiary/aromatic N) is 3. The molecular formula is C24H22FN3O4. The quantitative estimate of drug-likeness (QED) is 0.515. The summed E-state index contributed by atoms with van der Waals surface area (Å²) < 4.78 is 20.1. The Labute approximate surface area is 183 Å². The summed E-state index contributed by atoms with van der Waals surface area (Å²) >= 11 is 0. The number of benzene rings is 2. The first kappa shape index (κ1) is 20.3. The van der Waals surface area contributed by atoms with Gasteiger partial charge < -0.3 is 24.4 Å². The summed E-state index contributed by atoms with van der Waals surface area (Å²) in [7, 11) is 1.65. The number of aryl methyl sites for hydroxylation is 1. The molecular weight excluding hydrogens is 413 g/mol. The number of morpholine rings is 1. The average Bonchev–Trinajstić information content (AvgIpc) is 3.10. The van der Waals surface area contributed by atoms with Gasteiger partial charge in [0.1, 0.15) is 11.3 Å². The van der Waals surface area contributed by atoms with Gasteiger partial charge in [-0.1, -0.05) is 12.1 Å². The van der Waals surface area contributed by atoms with E-state index in [1.54, 1.807) is 36.5 Å². The van der Waals surface area contributed by atoms with Crippen LogP contribution in [0.25, 0.3) is 21.7 Å². The molecule has 0 unspecified atom stereocenters. The summed E-state index contributed by atoms with van der Waals surface area (Å²) in [6, 6.07) is 8.05. The minimum absolute atomic E-state index is 0.132. The number of phenolic OH excluding ortho intramolecular Hbond substituents is 1. The second-order valence-electron chi connectivity index (χ2n) is 8.02. The SMILES string of the molecule is Cn1cc2c(C(=O)N3CCOCC3)c3cc(Cc4ccc(F)cc4)cnc3c(O)c2c1O. The molecule has 0 radical (unpaired) electrons. The number of carbonyl (C=O) groups is 1. The molecule has 0 atom stereocenters. The molecule has 1 aliphatic heterocycles. The van der Waals surface area contributed by atoms with Crippen molar-refractivity contribution in [3.05, 3.63) is 65.2 Å². The van der Waals surface area contributed by atoms with Gasteiger partial charge in [-0.25, -0.2) is 4.39 Å². The number of fused-ring (bicyclic) bond motifs is 2. The Balaban J connectivity index is 1.72. The number of aromatic hydroxyl groups is 2. The van der Waals surface area contributed by atoms with E-state index < -0.39 is 0 Å². The molecule has 0 spiro atoms. The van der Waals surface area contributed by atoms with E-state index in [0.29, 0.717) is 49.1 Å². The van der Waals surface area contributed by atoms with Gasteiger partial charge in [-0.05, 0) is 35.7 Å². The summed E-state index contributed by atoms with van der Waals surface area (Å²) in [5.74, 6) is -0.804. The number of amides is 1. The normalized spacial score (nSPS) is 14.4. The highest BCUT2D eigenvalue weighted by Gasteiger charge is 2.28. The molecule has 1 aliphatic rings. The van der Waals surface area contributed by atoms with E-state index in [2.05, 4.69) is 4.98 Å². The van der Waals surface area contributed by atoms with Gasteiger partial charge in [-0.2, -0.15) is 0 Å². The number of carbonyl (C=O) groups excluding carboxylic acids is 1. The van der Waals surface area contributed by atoms with Gasteiger partial charge in [0.15, 0.2) is 5.75 Å². The Morgan fingerprint density at radius 2 is 1.84 bits per heavy atom. The molecule has 1 fully saturated rings. The molecule has 1 saturated heterocycles. The number of hydrogen-bond donors (Lipinski definition) is 2. The Morgan fingerprint density at radius 1 is 1.12 bits per heavy atom. The first-order chi connectivity index (χ1) is 15.4. The lowest BCUT2D eigenvalue weighted by atomic mass is 9.97. The fourth-order valence-electron chi connectivity index (χ4n) is 4.28. The third kappa shape index (κ3) is 3.33. The fourth-order valence-corrected chi connectivity index (χ4v) is 4.28. The maximum atomic E-state index is 13.6. The third-order valence-electron chi connectivity index (χ3n) is 5.93. The van der Waals surface area contributed by atoms with Gasteiger partial charge in [-0.3, -0.25) is 9.78 Å². The molecule has 8 heteroatoms. The molecule has 4 aromatic rings. The zero-order chi connectivity index (χ0) is 22.4. The van der Waals surface area contributed by atoms with Crippen LogP contribution in [0, 0.1) is 5.82 Å². The minimum Gasteiger partial charge on any atom is -0.505 e. The van der Waals surface area contributed by atoms with Crippen LogP contribution in [0.2, 0.25) is 0 Å². The highest BCUT2D eigenvalue weighted by Crippen LogP contribution is 2.42. The molecule has 0 bridgehead atoms. The van der Waals surface area contributed by atoms with Crippen molar-refractivity contribution in [1.82, 2.24) is 14.5 Å². The summed E-state index contributed by atoms with van der Waals surface area (Å²) in [5, 5.41) is 22.6. The van der Waals surface area contributed by atoms with Crippen LogP contribution >= 0.6 is 0 Å². The number of hydrogen-bond acceptors (Lipinski definition) is 5. The molecule has 2 N–H and O–H groups in total. The standard InChI is InChI=1S/C24H22FN3O4/c1-27-13-18-19(24(31)28-6-8-32-9-7-28)17-11-15(10-14-2-4-16(25)5-3-14)12-26-21(17)22(29)20(18)23(27)30/h2-5,11-13,29-30H,6-10H2,1H3. The lowest BCUT2D eigenvalue weighted by Crippen LogP contribution is -2.40. The lowest BCUT2D eigenvalue weighted by Gasteiger charge is -2.27. The summed E-state index contributed by atoms with van der Waals surface area (Å²) in [5.41, 5.74) is 2.35. The maximum absolute atomic E-state index is 13.6. The summed E-state index contributed by atoms with van der Waals surface area (Å²) in [6.45, 7) is 1.84. The number of phenols is 1. The van der Waals surface area contributed by atoms with Gasteiger partial charge >= 0.3 is 0 Å². The highest BCUT2D eigenvalue weighted by atomic mass is 19.1. The Bertz CT molecular complexity index is 1340. The minimum atomic E-state index is -0.306. The zero-order valence-corrected chi connectivity index (χ0v) is 17.5. The van der Waals surface area contributed by atoms with Crippen molar-refractivity contribution in [3.8, 4) is 11.6 Å². The van der Waals surface area contributed by atoms with E-state index in [4.69, 9.17) is 4.74 Å². The van der Waals surface area contributed by atoms with E-state index in [9.17, 15) is 19.4 Å². The lowest BCUT2D eigenvalue weighted by molar-refractivity contribution is 0.0305. The molecule has 7 nitrogen and oxygen atoms in total. The first-order valence-electron chi connectivity index (χ1n) is 10.4. The largest absolute Gasteiger partial charge is 0.505 e. The maximum Gasteiger partial charge on any atom is 0.255 e. The van der Waals surface area contributed by atoms with Crippen LogP contribution in [0.3, 0.4) is 0 Å². The molecule has 164 valence electrons.